The molecule has 0 unspecified atom stereocenters. The number of halogens is 1. The van der Waals surface area contributed by atoms with E-state index in [2.05, 4.69) is 15.3 Å². The van der Waals surface area contributed by atoms with Gasteiger partial charge in [0.2, 0.25) is 0 Å². The van der Waals surface area contributed by atoms with Gasteiger partial charge in [-0.25, -0.2) is 4.39 Å². The van der Waals surface area contributed by atoms with Crippen LogP contribution in [0, 0.1) is 11.7 Å². The highest BCUT2D eigenvalue weighted by molar-refractivity contribution is 6.01. The molecule has 0 radical (unpaired) electrons. The second kappa shape index (κ2) is 10.6. The third-order valence-electron chi connectivity index (χ3n) is 7.52. The lowest BCUT2D eigenvalue weighted by atomic mass is 10.0. The van der Waals surface area contributed by atoms with Crippen LogP contribution in [0.2, 0.25) is 0 Å². The first-order valence-electron chi connectivity index (χ1n) is 13.4. The number of nitrogens with zero attached hydrogens (tertiary/aromatic N) is 2. The summed E-state index contributed by atoms with van der Waals surface area (Å²) >= 11 is 0. The molecule has 1 saturated carbocycles. The minimum Gasteiger partial charge on any atom is -0.505 e. The molecule has 2 aromatic carbocycles. The lowest BCUT2D eigenvalue weighted by Gasteiger charge is -2.18. The fourth-order valence-electron chi connectivity index (χ4n) is 5.21. The Labute approximate surface area is 229 Å². The molecule has 1 aliphatic rings. The SMILES string of the molecule is O=C(N[C@H](CO)Cc1c[nH]c2ccccc12)c1c(O)c2ncc(Cc3ccc(F)cc3)cc2n(CC2CC2)c1=O. The average Bonchev–Trinajstić information content (AvgIpc) is 3.70. The summed E-state index contributed by atoms with van der Waals surface area (Å²) in [5, 5.41) is 24.9. The van der Waals surface area contributed by atoms with Crippen molar-refractivity contribution in [3.8, 4) is 5.75 Å². The van der Waals surface area contributed by atoms with Crippen LogP contribution in [0.15, 0.2) is 71.8 Å². The first-order chi connectivity index (χ1) is 19.4. The highest BCUT2D eigenvalue weighted by Gasteiger charge is 2.29. The maximum absolute atomic E-state index is 13.7. The number of carbonyl (C=O) groups excluding carboxylic acids is 1. The summed E-state index contributed by atoms with van der Waals surface area (Å²) < 4.78 is 14.9. The molecule has 0 aliphatic heterocycles. The van der Waals surface area contributed by atoms with Crippen molar-refractivity contribution in [1.29, 1.82) is 0 Å². The number of fused-ring (bicyclic) bond motifs is 2. The van der Waals surface area contributed by atoms with Gasteiger partial charge in [-0.2, -0.15) is 0 Å². The van der Waals surface area contributed by atoms with Crippen LogP contribution in [0.25, 0.3) is 21.9 Å². The van der Waals surface area contributed by atoms with Gasteiger partial charge in [0.25, 0.3) is 11.5 Å². The maximum atomic E-state index is 13.7. The Morgan fingerprint density at radius 3 is 2.67 bits per heavy atom. The molecule has 3 heterocycles. The number of aliphatic hydroxyl groups excluding tert-OH is 1. The van der Waals surface area contributed by atoms with Gasteiger partial charge < -0.3 is 25.1 Å². The van der Waals surface area contributed by atoms with Gasteiger partial charge in [-0.1, -0.05) is 30.3 Å². The minimum atomic E-state index is -0.759. The Hall–Kier alpha value is -4.50. The number of aromatic amines is 1. The van der Waals surface area contributed by atoms with Gasteiger partial charge in [0.15, 0.2) is 5.75 Å². The highest BCUT2D eigenvalue weighted by atomic mass is 19.1. The molecule has 1 amide bonds. The molecule has 9 heteroatoms. The molecular formula is C31H29FN4O4. The molecule has 6 rings (SSSR count). The normalized spacial score (nSPS) is 14.1. The molecule has 40 heavy (non-hydrogen) atoms. The van der Waals surface area contributed by atoms with Gasteiger partial charge in [0.05, 0.1) is 18.2 Å². The van der Waals surface area contributed by atoms with Crippen LogP contribution in [0.3, 0.4) is 0 Å². The topological polar surface area (TPSA) is 120 Å². The van der Waals surface area contributed by atoms with Crippen LogP contribution in [-0.4, -0.2) is 43.3 Å². The summed E-state index contributed by atoms with van der Waals surface area (Å²) in [5.74, 6) is -1.25. The molecule has 4 N–H and O–H groups in total. The number of benzene rings is 2. The van der Waals surface area contributed by atoms with Gasteiger partial charge in [-0.15, -0.1) is 0 Å². The number of rotatable bonds is 9. The monoisotopic (exact) mass is 540 g/mol. The molecule has 1 aliphatic carbocycles. The highest BCUT2D eigenvalue weighted by Crippen LogP contribution is 2.33. The molecule has 1 fully saturated rings. The number of nitrogens with one attached hydrogen (secondary N) is 2. The van der Waals surface area contributed by atoms with Gasteiger partial charge in [-0.3, -0.25) is 14.6 Å². The summed E-state index contributed by atoms with van der Waals surface area (Å²) in [7, 11) is 0. The molecule has 5 aromatic rings. The molecule has 8 nitrogen and oxygen atoms in total. The zero-order valence-corrected chi connectivity index (χ0v) is 21.7. The number of para-hydroxylation sites is 1. The Bertz CT molecular complexity index is 1770. The second-order valence-electron chi connectivity index (χ2n) is 10.5. The lowest BCUT2D eigenvalue weighted by molar-refractivity contribution is 0.0912. The van der Waals surface area contributed by atoms with Crippen LogP contribution < -0.4 is 10.9 Å². The van der Waals surface area contributed by atoms with Crippen molar-refractivity contribution in [3.05, 3.63) is 105 Å². The third-order valence-corrected chi connectivity index (χ3v) is 7.52. The van der Waals surface area contributed by atoms with E-state index < -0.39 is 23.3 Å². The van der Waals surface area contributed by atoms with E-state index in [0.29, 0.717) is 30.8 Å². The summed E-state index contributed by atoms with van der Waals surface area (Å²) in [4.78, 5) is 34.7. The summed E-state index contributed by atoms with van der Waals surface area (Å²) in [6.45, 7) is 0.0667. The van der Waals surface area contributed by atoms with Crippen molar-refractivity contribution in [3.63, 3.8) is 0 Å². The van der Waals surface area contributed by atoms with Crippen LogP contribution in [0.1, 0.15) is 39.9 Å². The molecule has 204 valence electrons. The quantitative estimate of drug-likeness (QED) is 0.225. The van der Waals surface area contributed by atoms with Crippen molar-refractivity contribution in [2.45, 2.75) is 38.3 Å². The van der Waals surface area contributed by atoms with Crippen LogP contribution in [0.5, 0.6) is 5.75 Å². The molecule has 0 spiro atoms. The number of carbonyl (C=O) groups is 1. The largest absolute Gasteiger partial charge is 0.505 e. The van der Waals surface area contributed by atoms with E-state index in [9.17, 15) is 24.2 Å². The average molecular weight is 541 g/mol. The van der Waals surface area contributed by atoms with Crippen molar-refractivity contribution >= 4 is 27.8 Å². The van der Waals surface area contributed by atoms with Crippen molar-refractivity contribution in [2.24, 2.45) is 5.92 Å². The maximum Gasteiger partial charge on any atom is 0.267 e. The van der Waals surface area contributed by atoms with Gasteiger partial charge in [0.1, 0.15) is 16.9 Å². The Kier molecular flexibility index (Phi) is 6.81. The van der Waals surface area contributed by atoms with Gasteiger partial charge >= 0.3 is 0 Å². The lowest BCUT2D eigenvalue weighted by Crippen LogP contribution is -2.42. The van der Waals surface area contributed by atoms with E-state index in [1.807, 2.05) is 30.5 Å². The smallest absolute Gasteiger partial charge is 0.267 e. The summed E-state index contributed by atoms with van der Waals surface area (Å²) in [6, 6.07) is 15.0. The van der Waals surface area contributed by atoms with E-state index >= 15 is 0 Å². The standard InChI is InChI=1S/C31H29FN4O4/c32-22-9-7-18(8-10-22)11-20-12-26-28(34-14-20)29(38)27(31(40)36(26)16-19-5-6-19)30(39)35-23(17-37)13-21-15-33-25-4-2-1-3-24(21)25/h1-4,7-10,12,14-15,19,23,33,37-38H,5-6,11,13,16-17H2,(H,35,39)/t23-/m0/s1. The molecule has 1 atom stereocenters. The van der Waals surface area contributed by atoms with Gasteiger partial charge in [0, 0.05) is 29.8 Å². The fraction of sp³-hybridized carbons (Fsp3) is 0.258. The minimum absolute atomic E-state index is 0.158. The van der Waals surface area contributed by atoms with E-state index in [1.54, 1.807) is 24.4 Å². The molecular weight excluding hydrogens is 511 g/mol. The number of aliphatic hydroxyl groups is 1. The van der Waals surface area contributed by atoms with E-state index in [-0.39, 0.29) is 23.5 Å². The molecule has 0 saturated heterocycles. The summed E-state index contributed by atoms with van der Waals surface area (Å²) in [6.07, 6.45) is 6.19. The fourth-order valence-corrected chi connectivity index (χ4v) is 5.21. The van der Waals surface area contributed by atoms with Crippen molar-refractivity contribution in [1.82, 2.24) is 19.9 Å². The van der Waals surface area contributed by atoms with E-state index in [4.69, 9.17) is 0 Å². The van der Waals surface area contributed by atoms with Gasteiger partial charge in [-0.05, 0) is 72.6 Å². The van der Waals surface area contributed by atoms with Crippen molar-refractivity contribution < 1.29 is 19.4 Å². The first-order valence-corrected chi connectivity index (χ1v) is 13.4. The number of aromatic hydroxyl groups is 1. The predicted octanol–water partition coefficient (Wildman–Crippen LogP) is 4.06. The summed E-state index contributed by atoms with van der Waals surface area (Å²) in [5.41, 5.74) is 3.15. The first kappa shape index (κ1) is 25.8. The van der Waals surface area contributed by atoms with Crippen LogP contribution in [0.4, 0.5) is 4.39 Å². The number of hydrogen-bond donors (Lipinski definition) is 4. The Balaban J connectivity index is 1.33. The van der Waals surface area contributed by atoms with Crippen LogP contribution >= 0.6 is 0 Å². The number of H-pyrrole nitrogens is 1. The van der Waals surface area contributed by atoms with E-state index in [1.165, 1.54) is 16.7 Å². The number of hydrogen-bond acceptors (Lipinski definition) is 5. The zero-order valence-electron chi connectivity index (χ0n) is 21.7. The Morgan fingerprint density at radius 2 is 1.93 bits per heavy atom. The second-order valence-corrected chi connectivity index (χ2v) is 10.5. The predicted molar refractivity (Wildman–Crippen MR) is 150 cm³/mol. The molecule has 0 bridgehead atoms. The third kappa shape index (κ3) is 5.08. The zero-order chi connectivity index (χ0) is 27.8. The Morgan fingerprint density at radius 1 is 1.15 bits per heavy atom. The molecule has 3 aromatic heterocycles. The number of pyridine rings is 2. The van der Waals surface area contributed by atoms with Crippen molar-refractivity contribution in [2.75, 3.05) is 6.61 Å². The van der Waals surface area contributed by atoms with Crippen LogP contribution in [-0.2, 0) is 19.4 Å². The number of amides is 1. The van der Waals surface area contributed by atoms with E-state index in [0.717, 1.165) is 40.4 Å². The number of aromatic nitrogens is 3.